The Morgan fingerprint density at radius 3 is 2.76 bits per heavy atom. The van der Waals surface area contributed by atoms with E-state index in [1.54, 1.807) is 19.1 Å². The van der Waals surface area contributed by atoms with E-state index >= 15 is 0 Å². The van der Waals surface area contributed by atoms with Gasteiger partial charge in [-0.25, -0.2) is 0 Å². The van der Waals surface area contributed by atoms with Gasteiger partial charge in [0.1, 0.15) is 11.5 Å². The van der Waals surface area contributed by atoms with Crippen molar-refractivity contribution in [2.45, 2.75) is 20.3 Å². The lowest BCUT2D eigenvalue weighted by Gasteiger charge is -2.03. The molecular formula is C16H18N2O3. The lowest BCUT2D eigenvalue weighted by atomic mass is 10.2. The van der Waals surface area contributed by atoms with Crippen molar-refractivity contribution in [2.75, 3.05) is 11.9 Å². The van der Waals surface area contributed by atoms with Gasteiger partial charge in [-0.15, -0.1) is 0 Å². The minimum absolute atomic E-state index is 0.255. The number of aryl methyl sites for hydroxylation is 1. The molecule has 1 N–H and O–H groups in total. The second kappa shape index (κ2) is 7.28. The maximum Gasteiger partial charge on any atom is 0.249 e. The number of carbonyl (C=O) groups is 1. The third-order valence-corrected chi connectivity index (χ3v) is 2.66. The summed E-state index contributed by atoms with van der Waals surface area (Å²) in [4.78, 5) is 11.7. The first-order valence-corrected chi connectivity index (χ1v) is 6.82. The van der Waals surface area contributed by atoms with Gasteiger partial charge in [-0.1, -0.05) is 24.2 Å². The predicted molar refractivity (Wildman–Crippen MR) is 81.1 cm³/mol. The van der Waals surface area contributed by atoms with E-state index in [-0.39, 0.29) is 5.91 Å². The second-order valence-corrected chi connectivity index (χ2v) is 4.56. The van der Waals surface area contributed by atoms with E-state index in [2.05, 4.69) is 17.4 Å². The van der Waals surface area contributed by atoms with Crippen LogP contribution in [0, 0.1) is 6.92 Å². The van der Waals surface area contributed by atoms with Gasteiger partial charge in [-0.2, -0.15) is 0 Å². The molecule has 0 spiro atoms. The molecule has 1 aromatic carbocycles. The number of carbonyl (C=O) groups excluding carboxylic acids is 1. The minimum Gasteiger partial charge on any atom is -0.494 e. The number of hydrogen-bond acceptors (Lipinski definition) is 4. The van der Waals surface area contributed by atoms with Crippen LogP contribution in [0.1, 0.15) is 24.7 Å². The van der Waals surface area contributed by atoms with Crippen molar-refractivity contribution < 1.29 is 14.1 Å². The van der Waals surface area contributed by atoms with Crippen molar-refractivity contribution in [1.82, 2.24) is 5.16 Å². The average Bonchev–Trinajstić information content (AvgIpc) is 2.89. The molecule has 1 aromatic heterocycles. The summed E-state index contributed by atoms with van der Waals surface area (Å²) in [6.07, 6.45) is 4.15. The van der Waals surface area contributed by atoms with Crippen LogP contribution in [0.2, 0.25) is 0 Å². The fourth-order valence-electron chi connectivity index (χ4n) is 1.66. The summed E-state index contributed by atoms with van der Waals surface area (Å²) in [5.74, 6) is 1.63. The second-order valence-electron chi connectivity index (χ2n) is 4.56. The van der Waals surface area contributed by atoms with E-state index in [0.29, 0.717) is 18.2 Å². The molecule has 0 aliphatic carbocycles. The van der Waals surface area contributed by atoms with E-state index < -0.39 is 0 Å². The molecule has 0 radical (unpaired) electrons. The molecule has 0 saturated heterocycles. The summed E-state index contributed by atoms with van der Waals surface area (Å²) in [5.41, 5.74) is 0.922. The monoisotopic (exact) mass is 286 g/mol. The van der Waals surface area contributed by atoms with Gasteiger partial charge in [-0.05, 0) is 37.1 Å². The van der Waals surface area contributed by atoms with Crippen LogP contribution in [0.3, 0.4) is 0 Å². The Kier molecular flexibility index (Phi) is 5.15. The van der Waals surface area contributed by atoms with Crippen LogP contribution >= 0.6 is 0 Å². The zero-order valence-electron chi connectivity index (χ0n) is 12.1. The Labute approximate surface area is 123 Å². The lowest BCUT2D eigenvalue weighted by Crippen LogP contribution is -2.07. The average molecular weight is 286 g/mol. The molecule has 110 valence electrons. The maximum atomic E-state index is 11.7. The smallest absolute Gasteiger partial charge is 0.249 e. The van der Waals surface area contributed by atoms with Crippen LogP contribution in [0.5, 0.6) is 5.75 Å². The van der Waals surface area contributed by atoms with E-state index in [1.165, 1.54) is 6.08 Å². The van der Waals surface area contributed by atoms with E-state index in [1.807, 2.05) is 24.3 Å². The number of nitrogens with zero attached hydrogens (tertiary/aromatic N) is 1. The van der Waals surface area contributed by atoms with Crippen molar-refractivity contribution in [3.63, 3.8) is 0 Å². The van der Waals surface area contributed by atoms with Gasteiger partial charge in [0.25, 0.3) is 0 Å². The molecule has 21 heavy (non-hydrogen) atoms. The molecule has 1 heterocycles. The van der Waals surface area contributed by atoms with Crippen LogP contribution in [-0.4, -0.2) is 17.7 Å². The summed E-state index contributed by atoms with van der Waals surface area (Å²) < 4.78 is 10.4. The van der Waals surface area contributed by atoms with E-state index in [0.717, 1.165) is 17.7 Å². The van der Waals surface area contributed by atoms with Crippen LogP contribution in [-0.2, 0) is 4.79 Å². The first-order chi connectivity index (χ1) is 10.2. The molecule has 0 aliphatic heterocycles. The summed E-state index contributed by atoms with van der Waals surface area (Å²) >= 11 is 0. The largest absolute Gasteiger partial charge is 0.494 e. The fourth-order valence-corrected chi connectivity index (χ4v) is 1.66. The standard InChI is InChI=1S/C16H18N2O3/c1-3-10-20-14-7-4-13(5-8-14)6-9-16(19)17-15-11-12(2)21-18-15/h4-9,11H,3,10H2,1-2H3,(H,17,18,19)/b9-6+. The van der Waals surface area contributed by atoms with E-state index in [9.17, 15) is 4.79 Å². The Morgan fingerprint density at radius 1 is 1.38 bits per heavy atom. The quantitative estimate of drug-likeness (QED) is 0.826. The molecule has 0 bridgehead atoms. The van der Waals surface area contributed by atoms with Gasteiger partial charge in [0.2, 0.25) is 5.91 Å². The first-order valence-electron chi connectivity index (χ1n) is 6.82. The van der Waals surface area contributed by atoms with Crippen LogP contribution in [0.25, 0.3) is 6.08 Å². The van der Waals surface area contributed by atoms with Crippen molar-refractivity contribution in [2.24, 2.45) is 0 Å². The molecule has 0 aliphatic rings. The van der Waals surface area contributed by atoms with Gasteiger partial charge in [-0.3, -0.25) is 4.79 Å². The van der Waals surface area contributed by atoms with Crippen molar-refractivity contribution in [3.8, 4) is 5.75 Å². The van der Waals surface area contributed by atoms with Crippen LogP contribution in [0.4, 0.5) is 5.82 Å². The number of rotatable bonds is 6. The summed E-state index contributed by atoms with van der Waals surface area (Å²) in [7, 11) is 0. The number of hydrogen-bond donors (Lipinski definition) is 1. The minimum atomic E-state index is -0.255. The third-order valence-electron chi connectivity index (χ3n) is 2.66. The maximum absolute atomic E-state index is 11.7. The van der Waals surface area contributed by atoms with Crippen LogP contribution < -0.4 is 10.1 Å². The SMILES string of the molecule is CCCOc1ccc(/C=C/C(=O)Nc2cc(C)on2)cc1. The topological polar surface area (TPSA) is 64.4 Å². The number of amides is 1. The fraction of sp³-hybridized carbons (Fsp3) is 0.250. The number of anilines is 1. The molecule has 0 fully saturated rings. The lowest BCUT2D eigenvalue weighted by molar-refractivity contribution is -0.111. The molecule has 0 unspecified atom stereocenters. The van der Waals surface area contributed by atoms with Gasteiger partial charge in [0.05, 0.1) is 6.61 Å². The molecule has 1 amide bonds. The highest BCUT2D eigenvalue weighted by Gasteiger charge is 2.02. The Hall–Kier alpha value is -2.56. The normalized spacial score (nSPS) is 10.8. The highest BCUT2D eigenvalue weighted by molar-refractivity contribution is 6.01. The predicted octanol–water partition coefficient (Wildman–Crippen LogP) is 3.42. The Bertz CT molecular complexity index is 615. The number of ether oxygens (including phenoxy) is 1. The third kappa shape index (κ3) is 4.80. The van der Waals surface area contributed by atoms with Crippen molar-refractivity contribution in [3.05, 3.63) is 47.7 Å². The van der Waals surface area contributed by atoms with E-state index in [4.69, 9.17) is 9.26 Å². The summed E-state index contributed by atoms with van der Waals surface area (Å²) in [6, 6.07) is 9.22. The zero-order chi connectivity index (χ0) is 15.1. The van der Waals surface area contributed by atoms with Gasteiger partial charge >= 0.3 is 0 Å². The van der Waals surface area contributed by atoms with Gasteiger partial charge in [0, 0.05) is 12.1 Å². The summed E-state index contributed by atoms with van der Waals surface area (Å²) in [5, 5.41) is 6.31. The number of benzene rings is 1. The molecule has 2 aromatic rings. The molecular weight excluding hydrogens is 268 g/mol. The highest BCUT2D eigenvalue weighted by atomic mass is 16.5. The molecule has 2 rings (SSSR count). The van der Waals surface area contributed by atoms with Crippen molar-refractivity contribution in [1.29, 1.82) is 0 Å². The van der Waals surface area contributed by atoms with Crippen LogP contribution in [0.15, 0.2) is 40.9 Å². The van der Waals surface area contributed by atoms with Gasteiger partial charge < -0.3 is 14.6 Å². The molecule has 5 nitrogen and oxygen atoms in total. The highest BCUT2D eigenvalue weighted by Crippen LogP contribution is 2.13. The Balaban J connectivity index is 1.89. The van der Waals surface area contributed by atoms with Gasteiger partial charge in [0.15, 0.2) is 5.82 Å². The Morgan fingerprint density at radius 2 is 2.14 bits per heavy atom. The molecule has 0 atom stereocenters. The summed E-state index contributed by atoms with van der Waals surface area (Å²) in [6.45, 7) is 4.53. The molecule has 0 saturated carbocycles. The number of nitrogens with one attached hydrogen (secondary N) is 1. The first kappa shape index (κ1) is 14.8. The molecule has 5 heteroatoms. The number of aromatic nitrogens is 1. The zero-order valence-corrected chi connectivity index (χ0v) is 12.1. The van der Waals surface area contributed by atoms with Crippen molar-refractivity contribution >= 4 is 17.8 Å².